The Bertz CT molecular complexity index is 603. The summed E-state index contributed by atoms with van der Waals surface area (Å²) in [4.78, 5) is 23.8. The molecule has 2 rings (SSSR count). The third kappa shape index (κ3) is 3.19. The van der Waals surface area contributed by atoms with E-state index in [1.54, 1.807) is 12.3 Å². The van der Waals surface area contributed by atoms with Gasteiger partial charge in [0.25, 0.3) is 5.91 Å². The molecule has 2 aromatic rings. The van der Waals surface area contributed by atoms with Crippen molar-refractivity contribution in [3.05, 3.63) is 42.0 Å². The van der Waals surface area contributed by atoms with Gasteiger partial charge in [0.15, 0.2) is 11.5 Å². The molecule has 0 spiro atoms. The number of nitrogens with two attached hydrogens (primary N) is 1. The first-order valence-corrected chi connectivity index (χ1v) is 6.13. The van der Waals surface area contributed by atoms with E-state index in [9.17, 15) is 4.79 Å². The highest BCUT2D eigenvalue weighted by Crippen LogP contribution is 2.14. The maximum absolute atomic E-state index is 12.0. The van der Waals surface area contributed by atoms with Crippen LogP contribution in [-0.4, -0.2) is 27.5 Å². The maximum atomic E-state index is 12.0. The van der Waals surface area contributed by atoms with E-state index < -0.39 is 0 Å². The molecule has 0 radical (unpaired) electrons. The Morgan fingerprint density at radius 3 is 2.85 bits per heavy atom. The Morgan fingerprint density at radius 1 is 1.30 bits per heavy atom. The Labute approximate surface area is 116 Å². The van der Waals surface area contributed by atoms with Crippen molar-refractivity contribution in [3.63, 3.8) is 0 Å². The van der Waals surface area contributed by atoms with Crippen molar-refractivity contribution >= 4 is 11.7 Å². The van der Waals surface area contributed by atoms with Crippen LogP contribution in [0, 0.1) is 0 Å². The molecule has 0 bridgehead atoms. The number of carbonyl (C=O) groups is 1. The summed E-state index contributed by atoms with van der Waals surface area (Å²) in [6.45, 7) is 2.66. The van der Waals surface area contributed by atoms with Crippen LogP contribution >= 0.6 is 0 Å². The molecule has 7 nitrogen and oxygen atoms in total. The Morgan fingerprint density at radius 2 is 2.10 bits per heavy atom. The Balaban J connectivity index is 2.06. The van der Waals surface area contributed by atoms with Crippen LogP contribution in [0.1, 0.15) is 23.0 Å². The fourth-order valence-corrected chi connectivity index (χ4v) is 1.61. The molecular weight excluding hydrogens is 258 g/mol. The fraction of sp³-hybridized carbons (Fsp3) is 0.231. The zero-order valence-corrected chi connectivity index (χ0v) is 11.0. The van der Waals surface area contributed by atoms with Crippen LogP contribution in [0.5, 0.6) is 5.88 Å². The second kappa shape index (κ2) is 6.46. The number of pyridine rings is 1. The highest BCUT2D eigenvalue weighted by Gasteiger charge is 2.12. The van der Waals surface area contributed by atoms with E-state index >= 15 is 0 Å². The second-order valence-corrected chi connectivity index (χ2v) is 3.87. The number of rotatable bonds is 5. The van der Waals surface area contributed by atoms with Gasteiger partial charge in [-0.15, -0.1) is 0 Å². The van der Waals surface area contributed by atoms with E-state index in [1.807, 2.05) is 13.0 Å². The summed E-state index contributed by atoms with van der Waals surface area (Å²) in [5, 5.41) is 2.71. The van der Waals surface area contributed by atoms with E-state index in [2.05, 4.69) is 20.3 Å². The molecule has 0 aliphatic carbocycles. The molecule has 104 valence electrons. The van der Waals surface area contributed by atoms with E-state index in [1.165, 1.54) is 12.4 Å². The quantitative estimate of drug-likeness (QED) is 0.834. The van der Waals surface area contributed by atoms with Crippen LogP contribution in [0.15, 0.2) is 30.7 Å². The molecule has 0 saturated carbocycles. The number of nitrogen functional groups attached to an aromatic ring is 1. The predicted molar refractivity (Wildman–Crippen MR) is 73.0 cm³/mol. The lowest BCUT2D eigenvalue weighted by atomic mass is 10.2. The summed E-state index contributed by atoms with van der Waals surface area (Å²) in [6, 6.07) is 3.61. The van der Waals surface area contributed by atoms with Gasteiger partial charge in [0.1, 0.15) is 0 Å². The van der Waals surface area contributed by atoms with Gasteiger partial charge in [0.2, 0.25) is 5.88 Å². The molecule has 0 saturated heterocycles. The van der Waals surface area contributed by atoms with Gasteiger partial charge < -0.3 is 15.8 Å². The number of ether oxygens (including phenoxy) is 1. The first kappa shape index (κ1) is 13.7. The highest BCUT2D eigenvalue weighted by molar-refractivity contribution is 5.96. The molecule has 3 N–H and O–H groups in total. The average molecular weight is 273 g/mol. The summed E-state index contributed by atoms with van der Waals surface area (Å²) < 4.78 is 5.38. The van der Waals surface area contributed by atoms with Gasteiger partial charge in [0, 0.05) is 30.7 Å². The molecule has 2 heterocycles. The average Bonchev–Trinajstić information content (AvgIpc) is 2.47. The standard InChI is InChI=1S/C13H15N5O2/c1-2-20-13-9(4-3-5-17-13)8-18-12(19)10-11(14)16-7-6-15-10/h3-7H,2,8H2,1H3,(H2,14,16)(H,18,19). The van der Waals surface area contributed by atoms with E-state index in [0.29, 0.717) is 12.5 Å². The summed E-state index contributed by atoms with van der Waals surface area (Å²) in [6.07, 6.45) is 4.48. The lowest BCUT2D eigenvalue weighted by molar-refractivity contribution is 0.0946. The Kier molecular flexibility index (Phi) is 4.43. The Hall–Kier alpha value is -2.70. The van der Waals surface area contributed by atoms with Gasteiger partial charge >= 0.3 is 0 Å². The van der Waals surface area contributed by atoms with Crippen LogP contribution in [0.3, 0.4) is 0 Å². The molecule has 7 heteroatoms. The number of nitrogens with one attached hydrogen (secondary N) is 1. The van der Waals surface area contributed by atoms with Crippen molar-refractivity contribution in [1.82, 2.24) is 20.3 Å². The first-order valence-electron chi connectivity index (χ1n) is 6.13. The smallest absolute Gasteiger partial charge is 0.273 e. The van der Waals surface area contributed by atoms with Gasteiger partial charge in [-0.05, 0) is 13.0 Å². The van der Waals surface area contributed by atoms with Gasteiger partial charge in [0.05, 0.1) is 6.61 Å². The number of hydrogen-bond donors (Lipinski definition) is 2. The summed E-state index contributed by atoms with van der Waals surface area (Å²) in [5.74, 6) is 0.213. The van der Waals surface area contributed by atoms with Crippen LogP contribution in [0.4, 0.5) is 5.82 Å². The number of carbonyl (C=O) groups excluding carboxylic acids is 1. The van der Waals surface area contributed by atoms with Crippen LogP contribution in [-0.2, 0) is 6.54 Å². The molecule has 20 heavy (non-hydrogen) atoms. The first-order chi connectivity index (χ1) is 9.72. The summed E-state index contributed by atoms with van der Waals surface area (Å²) in [7, 11) is 0. The minimum atomic E-state index is -0.387. The van der Waals surface area contributed by atoms with Crippen LogP contribution in [0.25, 0.3) is 0 Å². The topological polar surface area (TPSA) is 103 Å². The molecule has 0 unspecified atom stereocenters. The van der Waals surface area contributed by atoms with Crippen LogP contribution in [0.2, 0.25) is 0 Å². The minimum absolute atomic E-state index is 0.0984. The third-order valence-electron chi connectivity index (χ3n) is 2.51. The lowest BCUT2D eigenvalue weighted by Crippen LogP contribution is -2.25. The normalized spacial score (nSPS) is 10.1. The van der Waals surface area contributed by atoms with Gasteiger partial charge in [-0.1, -0.05) is 6.07 Å². The van der Waals surface area contributed by atoms with Crippen molar-refractivity contribution in [2.24, 2.45) is 0 Å². The summed E-state index contributed by atoms with van der Waals surface area (Å²) in [5.41, 5.74) is 6.48. The monoisotopic (exact) mass is 273 g/mol. The molecule has 0 aliphatic rings. The van der Waals surface area contributed by atoms with E-state index in [0.717, 1.165) is 5.56 Å². The number of hydrogen-bond acceptors (Lipinski definition) is 6. The van der Waals surface area contributed by atoms with Crippen molar-refractivity contribution < 1.29 is 9.53 Å². The number of anilines is 1. The van der Waals surface area contributed by atoms with E-state index in [4.69, 9.17) is 10.5 Å². The third-order valence-corrected chi connectivity index (χ3v) is 2.51. The number of nitrogens with zero attached hydrogens (tertiary/aromatic N) is 3. The van der Waals surface area contributed by atoms with Crippen molar-refractivity contribution in [2.45, 2.75) is 13.5 Å². The van der Waals surface area contributed by atoms with Crippen LogP contribution < -0.4 is 15.8 Å². The molecule has 2 aromatic heterocycles. The zero-order chi connectivity index (χ0) is 14.4. The minimum Gasteiger partial charge on any atom is -0.478 e. The molecule has 0 atom stereocenters. The summed E-state index contributed by atoms with van der Waals surface area (Å²) >= 11 is 0. The van der Waals surface area contributed by atoms with Gasteiger partial charge in [-0.3, -0.25) is 4.79 Å². The molecule has 0 fully saturated rings. The molecule has 0 aromatic carbocycles. The molecule has 1 amide bonds. The van der Waals surface area contributed by atoms with Gasteiger partial charge in [-0.2, -0.15) is 0 Å². The lowest BCUT2D eigenvalue weighted by Gasteiger charge is -2.09. The fourth-order valence-electron chi connectivity index (χ4n) is 1.61. The van der Waals surface area contributed by atoms with Crippen molar-refractivity contribution in [1.29, 1.82) is 0 Å². The van der Waals surface area contributed by atoms with Crippen molar-refractivity contribution in [3.8, 4) is 5.88 Å². The van der Waals surface area contributed by atoms with Gasteiger partial charge in [-0.25, -0.2) is 15.0 Å². The SMILES string of the molecule is CCOc1ncccc1CNC(=O)c1nccnc1N. The number of amides is 1. The largest absolute Gasteiger partial charge is 0.478 e. The second-order valence-electron chi connectivity index (χ2n) is 3.87. The molecule has 0 aliphatic heterocycles. The van der Waals surface area contributed by atoms with Crippen molar-refractivity contribution in [2.75, 3.05) is 12.3 Å². The maximum Gasteiger partial charge on any atom is 0.273 e. The predicted octanol–water partition coefficient (Wildman–Crippen LogP) is 0.782. The highest BCUT2D eigenvalue weighted by atomic mass is 16.5. The number of aromatic nitrogens is 3. The zero-order valence-electron chi connectivity index (χ0n) is 11.0. The van der Waals surface area contributed by atoms with E-state index in [-0.39, 0.29) is 24.0 Å². The molecular formula is C13H15N5O2.